The van der Waals surface area contributed by atoms with Crippen molar-refractivity contribution >= 4 is 5.69 Å². The normalized spacial score (nSPS) is 11.6. The molecule has 0 atom stereocenters. The third-order valence-corrected chi connectivity index (χ3v) is 2.91. The van der Waals surface area contributed by atoms with Crippen molar-refractivity contribution in [1.82, 2.24) is 0 Å². The van der Waals surface area contributed by atoms with Gasteiger partial charge in [0.15, 0.2) is 0 Å². The van der Waals surface area contributed by atoms with E-state index in [-0.39, 0.29) is 19.0 Å². The fraction of sp³-hybridized carbons (Fsp3) is 0.538. The van der Waals surface area contributed by atoms with Gasteiger partial charge in [0.1, 0.15) is 5.82 Å². The second-order valence-corrected chi connectivity index (χ2v) is 4.59. The lowest BCUT2D eigenvalue weighted by Gasteiger charge is -2.33. The van der Waals surface area contributed by atoms with E-state index in [4.69, 9.17) is 0 Å². The molecular formula is C13H20FNO2. The number of para-hydroxylation sites is 1. The van der Waals surface area contributed by atoms with Crippen molar-refractivity contribution in [3.05, 3.63) is 30.1 Å². The van der Waals surface area contributed by atoms with Gasteiger partial charge in [-0.2, -0.15) is 0 Å². The molecule has 0 bridgehead atoms. The number of hydrogen-bond acceptors (Lipinski definition) is 3. The van der Waals surface area contributed by atoms with Gasteiger partial charge < -0.3 is 15.1 Å². The first-order valence-electron chi connectivity index (χ1n) is 5.77. The van der Waals surface area contributed by atoms with E-state index in [0.29, 0.717) is 18.8 Å². The monoisotopic (exact) mass is 241 g/mol. The average molecular weight is 241 g/mol. The van der Waals surface area contributed by atoms with Crippen LogP contribution < -0.4 is 4.90 Å². The van der Waals surface area contributed by atoms with Gasteiger partial charge in [0.2, 0.25) is 0 Å². The van der Waals surface area contributed by atoms with E-state index in [2.05, 4.69) is 0 Å². The van der Waals surface area contributed by atoms with Gasteiger partial charge >= 0.3 is 0 Å². The Morgan fingerprint density at radius 2 is 1.82 bits per heavy atom. The Morgan fingerprint density at radius 3 is 2.29 bits per heavy atom. The van der Waals surface area contributed by atoms with Crippen LogP contribution in [0.25, 0.3) is 0 Å². The molecule has 3 nitrogen and oxygen atoms in total. The van der Waals surface area contributed by atoms with E-state index in [1.807, 2.05) is 11.8 Å². The van der Waals surface area contributed by atoms with Crippen LogP contribution in [-0.2, 0) is 0 Å². The minimum atomic E-state index is -0.627. The fourth-order valence-corrected chi connectivity index (χ4v) is 1.69. The van der Waals surface area contributed by atoms with Crippen molar-refractivity contribution in [2.24, 2.45) is 5.41 Å². The van der Waals surface area contributed by atoms with Crippen molar-refractivity contribution in [1.29, 1.82) is 0 Å². The molecule has 0 aliphatic carbocycles. The maximum atomic E-state index is 13.6. The van der Waals surface area contributed by atoms with Crippen LogP contribution in [-0.4, -0.2) is 36.5 Å². The van der Waals surface area contributed by atoms with Crippen LogP contribution in [0.1, 0.15) is 13.8 Å². The second-order valence-electron chi connectivity index (χ2n) is 4.59. The second kappa shape index (κ2) is 5.98. The van der Waals surface area contributed by atoms with Gasteiger partial charge in [-0.3, -0.25) is 0 Å². The Hall–Kier alpha value is -1.13. The number of hydrogen-bond donors (Lipinski definition) is 2. The third kappa shape index (κ3) is 3.41. The number of aliphatic hydroxyl groups excluding tert-OH is 2. The van der Waals surface area contributed by atoms with E-state index in [1.54, 1.807) is 25.1 Å². The van der Waals surface area contributed by atoms with Crippen molar-refractivity contribution < 1.29 is 14.6 Å². The molecule has 17 heavy (non-hydrogen) atoms. The lowest BCUT2D eigenvalue weighted by Crippen LogP contribution is -2.41. The number of nitrogens with zero attached hydrogens (tertiary/aromatic N) is 1. The highest BCUT2D eigenvalue weighted by Crippen LogP contribution is 2.24. The minimum absolute atomic E-state index is 0.131. The van der Waals surface area contributed by atoms with Gasteiger partial charge in [-0.25, -0.2) is 4.39 Å². The maximum absolute atomic E-state index is 13.6. The molecule has 1 rings (SSSR count). The molecular weight excluding hydrogens is 221 g/mol. The number of anilines is 1. The summed E-state index contributed by atoms with van der Waals surface area (Å²) in [5.41, 5.74) is -0.124. The first-order valence-corrected chi connectivity index (χ1v) is 5.77. The number of benzene rings is 1. The molecule has 96 valence electrons. The largest absolute Gasteiger partial charge is 0.396 e. The molecule has 0 saturated heterocycles. The molecule has 2 N–H and O–H groups in total. The minimum Gasteiger partial charge on any atom is -0.396 e. The molecule has 0 heterocycles. The zero-order valence-corrected chi connectivity index (χ0v) is 10.4. The molecule has 0 aliphatic heterocycles. The van der Waals surface area contributed by atoms with Crippen molar-refractivity contribution in [3.8, 4) is 0 Å². The van der Waals surface area contributed by atoms with Crippen LogP contribution in [0.2, 0.25) is 0 Å². The zero-order valence-electron chi connectivity index (χ0n) is 10.4. The first kappa shape index (κ1) is 13.9. The highest BCUT2D eigenvalue weighted by atomic mass is 19.1. The Morgan fingerprint density at radius 1 is 1.24 bits per heavy atom. The molecule has 0 amide bonds. The summed E-state index contributed by atoms with van der Waals surface area (Å²) in [5.74, 6) is -0.285. The number of aliphatic hydroxyl groups is 2. The molecule has 0 aliphatic rings. The molecule has 0 unspecified atom stereocenters. The average Bonchev–Trinajstić information content (AvgIpc) is 2.37. The van der Waals surface area contributed by atoms with Gasteiger partial charge in [-0.15, -0.1) is 0 Å². The van der Waals surface area contributed by atoms with Gasteiger partial charge in [-0.1, -0.05) is 19.1 Å². The number of halogens is 1. The van der Waals surface area contributed by atoms with Gasteiger partial charge in [0.05, 0.1) is 18.9 Å². The summed E-state index contributed by atoms with van der Waals surface area (Å²) in [7, 11) is 0. The van der Waals surface area contributed by atoms with Crippen molar-refractivity contribution in [3.63, 3.8) is 0 Å². The predicted octanol–water partition coefficient (Wildman–Crippen LogP) is 1.64. The predicted molar refractivity (Wildman–Crippen MR) is 66.6 cm³/mol. The van der Waals surface area contributed by atoms with Crippen LogP contribution in [0.3, 0.4) is 0 Å². The quantitative estimate of drug-likeness (QED) is 0.795. The van der Waals surface area contributed by atoms with E-state index in [0.717, 1.165) is 0 Å². The Bertz CT molecular complexity index is 353. The summed E-state index contributed by atoms with van der Waals surface area (Å²) >= 11 is 0. The summed E-state index contributed by atoms with van der Waals surface area (Å²) in [6.07, 6.45) is 0. The maximum Gasteiger partial charge on any atom is 0.146 e. The molecule has 4 heteroatoms. The summed E-state index contributed by atoms with van der Waals surface area (Å²) < 4.78 is 13.6. The van der Waals surface area contributed by atoms with Crippen molar-refractivity contribution in [2.45, 2.75) is 13.8 Å². The van der Waals surface area contributed by atoms with Crippen LogP contribution in [0.5, 0.6) is 0 Å². The summed E-state index contributed by atoms with van der Waals surface area (Å²) in [4.78, 5) is 1.82. The van der Waals surface area contributed by atoms with Crippen LogP contribution in [0.15, 0.2) is 24.3 Å². The number of rotatable bonds is 6. The first-order chi connectivity index (χ1) is 8.06. The van der Waals surface area contributed by atoms with Gasteiger partial charge in [0.25, 0.3) is 0 Å². The lowest BCUT2D eigenvalue weighted by atomic mass is 9.92. The van der Waals surface area contributed by atoms with E-state index in [1.165, 1.54) is 6.07 Å². The van der Waals surface area contributed by atoms with Crippen LogP contribution in [0, 0.1) is 11.2 Å². The molecule has 0 fully saturated rings. The summed E-state index contributed by atoms with van der Waals surface area (Å²) in [6, 6.07) is 6.53. The van der Waals surface area contributed by atoms with Crippen LogP contribution >= 0.6 is 0 Å². The van der Waals surface area contributed by atoms with Crippen LogP contribution in [0.4, 0.5) is 10.1 Å². The Labute approximate surface area is 101 Å². The Kier molecular flexibility index (Phi) is 4.90. The van der Waals surface area contributed by atoms with Crippen molar-refractivity contribution in [2.75, 3.05) is 31.2 Å². The standard InChI is InChI=1S/C13H20FNO2/c1-3-15(8-13(2,9-16)10-17)12-7-5-4-6-11(12)14/h4-7,16-17H,3,8-10H2,1-2H3. The topological polar surface area (TPSA) is 43.7 Å². The summed E-state index contributed by atoms with van der Waals surface area (Å²) in [6.45, 7) is 4.47. The molecule has 0 saturated carbocycles. The third-order valence-electron chi connectivity index (χ3n) is 2.91. The molecule has 0 radical (unpaired) electrons. The van der Waals surface area contributed by atoms with E-state index in [9.17, 15) is 14.6 Å². The fourth-order valence-electron chi connectivity index (χ4n) is 1.69. The Balaban J connectivity index is 2.90. The molecule has 1 aromatic carbocycles. The molecule has 0 spiro atoms. The highest BCUT2D eigenvalue weighted by molar-refractivity contribution is 5.47. The molecule has 0 aromatic heterocycles. The lowest BCUT2D eigenvalue weighted by molar-refractivity contribution is 0.0754. The van der Waals surface area contributed by atoms with E-state index >= 15 is 0 Å². The van der Waals surface area contributed by atoms with Gasteiger partial charge in [-0.05, 0) is 19.1 Å². The van der Waals surface area contributed by atoms with E-state index < -0.39 is 5.41 Å². The van der Waals surface area contributed by atoms with Gasteiger partial charge in [0, 0.05) is 18.5 Å². The highest BCUT2D eigenvalue weighted by Gasteiger charge is 2.26. The molecule has 1 aromatic rings. The smallest absolute Gasteiger partial charge is 0.146 e. The zero-order chi connectivity index (χ0) is 12.9. The summed E-state index contributed by atoms with van der Waals surface area (Å²) in [5, 5.41) is 18.5. The SMILES string of the molecule is CCN(CC(C)(CO)CO)c1ccccc1F.